The van der Waals surface area contributed by atoms with Gasteiger partial charge in [0, 0.05) is 13.1 Å². The lowest BCUT2D eigenvalue weighted by molar-refractivity contribution is -0.119. The molecule has 1 saturated carbocycles. The van der Waals surface area contributed by atoms with E-state index in [1.807, 2.05) is 7.05 Å². The van der Waals surface area contributed by atoms with E-state index >= 15 is 0 Å². The largest absolute Gasteiger partial charge is 0.459 e. The van der Waals surface area contributed by atoms with E-state index in [9.17, 15) is 9.59 Å². The SMILES string of the molecule is C[C@H]1CCCC[C@@H]1NC(=O)CSc1nnc(CNC(=O)c2ccco2)n1C. The van der Waals surface area contributed by atoms with Crippen LogP contribution in [0.4, 0.5) is 0 Å². The minimum atomic E-state index is -0.307. The number of carbonyl (C=O) groups is 2. The first-order valence-corrected chi connectivity index (χ1v) is 10.1. The molecule has 1 fully saturated rings. The number of rotatable bonds is 7. The van der Waals surface area contributed by atoms with E-state index in [2.05, 4.69) is 27.8 Å². The Labute approximate surface area is 162 Å². The zero-order valence-electron chi connectivity index (χ0n) is 15.6. The lowest BCUT2D eigenvalue weighted by Gasteiger charge is -2.29. The van der Waals surface area contributed by atoms with Crippen LogP contribution in [-0.4, -0.2) is 38.4 Å². The van der Waals surface area contributed by atoms with Crippen LogP contribution < -0.4 is 10.6 Å². The maximum atomic E-state index is 12.2. The summed E-state index contributed by atoms with van der Waals surface area (Å²) < 4.78 is 6.83. The molecule has 27 heavy (non-hydrogen) atoms. The van der Waals surface area contributed by atoms with E-state index in [-0.39, 0.29) is 30.2 Å². The molecule has 0 aliphatic heterocycles. The first kappa shape index (κ1) is 19.5. The molecule has 2 atom stereocenters. The molecular formula is C18H25N5O3S. The Morgan fingerprint density at radius 3 is 2.89 bits per heavy atom. The number of hydrogen-bond donors (Lipinski definition) is 2. The number of hydrogen-bond acceptors (Lipinski definition) is 6. The number of amides is 2. The third kappa shape index (κ3) is 5.12. The van der Waals surface area contributed by atoms with Gasteiger partial charge in [-0.1, -0.05) is 31.5 Å². The summed E-state index contributed by atoms with van der Waals surface area (Å²) in [7, 11) is 1.82. The topological polar surface area (TPSA) is 102 Å². The third-order valence-corrected chi connectivity index (χ3v) is 5.89. The predicted octanol–water partition coefficient (Wildman–Crippen LogP) is 2.13. The maximum absolute atomic E-state index is 12.2. The zero-order valence-corrected chi connectivity index (χ0v) is 16.4. The molecule has 0 unspecified atom stereocenters. The molecule has 2 amide bonds. The van der Waals surface area contributed by atoms with Crippen molar-refractivity contribution in [3.05, 3.63) is 30.0 Å². The van der Waals surface area contributed by atoms with E-state index < -0.39 is 0 Å². The highest BCUT2D eigenvalue weighted by Gasteiger charge is 2.23. The average molecular weight is 391 g/mol. The molecule has 0 bridgehead atoms. The number of nitrogens with one attached hydrogen (secondary N) is 2. The van der Waals surface area contributed by atoms with E-state index in [0.717, 1.165) is 6.42 Å². The molecule has 0 saturated heterocycles. The molecule has 3 rings (SSSR count). The van der Waals surface area contributed by atoms with Gasteiger partial charge in [-0.3, -0.25) is 9.59 Å². The summed E-state index contributed by atoms with van der Waals surface area (Å²) in [6.07, 6.45) is 6.11. The molecule has 0 aromatic carbocycles. The van der Waals surface area contributed by atoms with E-state index in [1.165, 1.54) is 37.3 Å². The number of aromatic nitrogens is 3. The second-order valence-electron chi connectivity index (χ2n) is 6.84. The highest BCUT2D eigenvalue weighted by molar-refractivity contribution is 7.99. The molecule has 9 heteroatoms. The number of nitrogens with zero attached hydrogens (tertiary/aromatic N) is 3. The Bertz CT molecular complexity index is 774. The van der Waals surface area contributed by atoms with Crippen LogP contribution in [-0.2, 0) is 18.4 Å². The van der Waals surface area contributed by atoms with Crippen molar-refractivity contribution in [1.29, 1.82) is 0 Å². The summed E-state index contributed by atoms with van der Waals surface area (Å²) in [6, 6.07) is 3.53. The first-order valence-electron chi connectivity index (χ1n) is 9.16. The molecule has 1 aliphatic rings. The van der Waals surface area contributed by atoms with Gasteiger partial charge in [0.05, 0.1) is 18.6 Å². The smallest absolute Gasteiger partial charge is 0.287 e. The Kier molecular flexibility index (Phi) is 6.54. The minimum absolute atomic E-state index is 0.0226. The van der Waals surface area contributed by atoms with Crippen LogP contribution in [0.3, 0.4) is 0 Å². The fourth-order valence-corrected chi connectivity index (χ4v) is 3.93. The number of thioether (sulfide) groups is 1. The van der Waals surface area contributed by atoms with Crippen molar-refractivity contribution in [1.82, 2.24) is 25.4 Å². The van der Waals surface area contributed by atoms with Crippen molar-refractivity contribution in [3.63, 3.8) is 0 Å². The fourth-order valence-electron chi connectivity index (χ4n) is 3.19. The van der Waals surface area contributed by atoms with Gasteiger partial charge in [0.15, 0.2) is 16.7 Å². The highest BCUT2D eigenvalue weighted by atomic mass is 32.2. The standard InChI is InChI=1S/C18H25N5O3S/c1-12-6-3-4-7-13(12)20-16(24)11-27-18-22-21-15(23(18)2)10-19-17(25)14-8-5-9-26-14/h5,8-9,12-13H,3-4,6-7,10-11H2,1-2H3,(H,19,25)(H,20,24)/t12-,13-/m0/s1. The van der Waals surface area contributed by atoms with Crippen molar-refractivity contribution in [3.8, 4) is 0 Å². The predicted molar refractivity (Wildman–Crippen MR) is 101 cm³/mol. The van der Waals surface area contributed by atoms with Crippen molar-refractivity contribution >= 4 is 23.6 Å². The van der Waals surface area contributed by atoms with Gasteiger partial charge in [0.25, 0.3) is 5.91 Å². The Morgan fingerprint density at radius 2 is 2.15 bits per heavy atom. The molecule has 0 spiro atoms. The molecule has 2 aromatic heterocycles. The molecule has 146 valence electrons. The fraction of sp³-hybridized carbons (Fsp3) is 0.556. The van der Waals surface area contributed by atoms with Crippen molar-refractivity contribution in [2.45, 2.75) is 50.4 Å². The molecule has 1 aliphatic carbocycles. The quantitative estimate of drug-likeness (QED) is 0.701. The molecule has 2 N–H and O–H groups in total. The Hall–Kier alpha value is -2.29. The van der Waals surface area contributed by atoms with E-state index in [0.29, 0.717) is 22.7 Å². The van der Waals surface area contributed by atoms with Gasteiger partial charge in [-0.05, 0) is 30.9 Å². The summed E-state index contributed by atoms with van der Waals surface area (Å²) >= 11 is 1.34. The van der Waals surface area contributed by atoms with Gasteiger partial charge >= 0.3 is 0 Å². The van der Waals surface area contributed by atoms with Gasteiger partial charge in [0.1, 0.15) is 0 Å². The Balaban J connectivity index is 1.47. The van der Waals surface area contributed by atoms with E-state index in [1.54, 1.807) is 16.7 Å². The number of furan rings is 1. The lowest BCUT2D eigenvalue weighted by Crippen LogP contribution is -2.41. The van der Waals surface area contributed by atoms with Crippen LogP contribution in [0.5, 0.6) is 0 Å². The first-order chi connectivity index (χ1) is 13.0. The third-order valence-electron chi connectivity index (χ3n) is 4.87. The normalized spacial score (nSPS) is 19.6. The van der Waals surface area contributed by atoms with Crippen LogP contribution in [0.2, 0.25) is 0 Å². The summed E-state index contributed by atoms with van der Waals surface area (Å²) in [5.41, 5.74) is 0. The van der Waals surface area contributed by atoms with Crippen LogP contribution in [0.1, 0.15) is 49.0 Å². The van der Waals surface area contributed by atoms with Gasteiger partial charge < -0.3 is 19.6 Å². The monoisotopic (exact) mass is 391 g/mol. The van der Waals surface area contributed by atoms with E-state index in [4.69, 9.17) is 4.42 Å². The van der Waals surface area contributed by atoms with Crippen LogP contribution in [0.25, 0.3) is 0 Å². The van der Waals surface area contributed by atoms with Gasteiger partial charge in [-0.2, -0.15) is 0 Å². The molecule has 8 nitrogen and oxygen atoms in total. The minimum Gasteiger partial charge on any atom is -0.459 e. The second kappa shape index (κ2) is 9.07. The van der Waals surface area contributed by atoms with Crippen LogP contribution >= 0.6 is 11.8 Å². The van der Waals surface area contributed by atoms with Crippen molar-refractivity contribution in [2.75, 3.05) is 5.75 Å². The molecule has 0 radical (unpaired) electrons. The molecular weight excluding hydrogens is 366 g/mol. The summed E-state index contributed by atoms with van der Waals surface area (Å²) in [5.74, 6) is 1.41. The highest BCUT2D eigenvalue weighted by Crippen LogP contribution is 2.24. The van der Waals surface area contributed by atoms with Crippen molar-refractivity contribution in [2.24, 2.45) is 13.0 Å². The average Bonchev–Trinajstić information content (AvgIpc) is 3.31. The Morgan fingerprint density at radius 1 is 1.33 bits per heavy atom. The van der Waals surface area contributed by atoms with Gasteiger partial charge in [0.2, 0.25) is 5.91 Å². The zero-order chi connectivity index (χ0) is 19.2. The van der Waals surface area contributed by atoms with Gasteiger partial charge in [-0.25, -0.2) is 0 Å². The second-order valence-corrected chi connectivity index (χ2v) is 7.78. The maximum Gasteiger partial charge on any atom is 0.287 e. The summed E-state index contributed by atoms with van der Waals surface area (Å²) in [4.78, 5) is 24.1. The summed E-state index contributed by atoms with van der Waals surface area (Å²) in [5, 5.41) is 14.7. The van der Waals surface area contributed by atoms with Crippen molar-refractivity contribution < 1.29 is 14.0 Å². The lowest BCUT2D eigenvalue weighted by atomic mass is 9.86. The number of carbonyl (C=O) groups excluding carboxylic acids is 2. The van der Waals surface area contributed by atoms with Crippen LogP contribution in [0.15, 0.2) is 28.0 Å². The summed E-state index contributed by atoms with van der Waals surface area (Å²) in [6.45, 7) is 2.43. The molecule has 2 aromatic rings. The van der Waals surface area contributed by atoms with Gasteiger partial charge in [-0.15, -0.1) is 10.2 Å². The molecule has 2 heterocycles. The van der Waals surface area contributed by atoms with Crippen LogP contribution in [0, 0.1) is 5.92 Å².